The van der Waals surface area contributed by atoms with Gasteiger partial charge in [0.05, 0.1) is 4.92 Å². The van der Waals surface area contributed by atoms with E-state index in [1.807, 2.05) is 30.3 Å². The first kappa shape index (κ1) is 17.9. The number of nitrogens with zero attached hydrogens (tertiary/aromatic N) is 2. The van der Waals surface area contributed by atoms with E-state index < -0.39 is 4.92 Å². The SMILES string of the molecule is CC1(CN)CCN(C(=O)c2ccc(Nc3ccccc3)c([N+](=O)[O-])c2)C1. The van der Waals surface area contributed by atoms with Crippen molar-refractivity contribution < 1.29 is 9.72 Å². The Morgan fingerprint density at radius 3 is 2.65 bits per heavy atom. The monoisotopic (exact) mass is 354 g/mol. The number of rotatable bonds is 5. The van der Waals surface area contributed by atoms with Gasteiger partial charge < -0.3 is 16.0 Å². The van der Waals surface area contributed by atoms with Crippen molar-refractivity contribution in [2.24, 2.45) is 11.1 Å². The Morgan fingerprint density at radius 2 is 2.04 bits per heavy atom. The zero-order valence-electron chi connectivity index (χ0n) is 14.6. The topological polar surface area (TPSA) is 102 Å². The Bertz CT molecular complexity index is 825. The summed E-state index contributed by atoms with van der Waals surface area (Å²) >= 11 is 0. The van der Waals surface area contributed by atoms with Crippen molar-refractivity contribution >= 4 is 23.0 Å². The van der Waals surface area contributed by atoms with Crippen LogP contribution in [0, 0.1) is 15.5 Å². The third kappa shape index (κ3) is 3.67. The molecule has 136 valence electrons. The van der Waals surface area contributed by atoms with Gasteiger partial charge in [-0.25, -0.2) is 0 Å². The Balaban J connectivity index is 1.84. The average Bonchev–Trinajstić information content (AvgIpc) is 3.05. The summed E-state index contributed by atoms with van der Waals surface area (Å²) in [6.07, 6.45) is 0.838. The number of hydrogen-bond acceptors (Lipinski definition) is 5. The lowest BCUT2D eigenvalue weighted by Gasteiger charge is -2.22. The second-order valence-electron chi connectivity index (χ2n) is 6.97. The van der Waals surface area contributed by atoms with E-state index in [1.165, 1.54) is 6.07 Å². The molecule has 2 aromatic rings. The van der Waals surface area contributed by atoms with Crippen LogP contribution < -0.4 is 11.1 Å². The Kier molecular flexibility index (Phi) is 4.90. The number of hydrogen-bond donors (Lipinski definition) is 2. The maximum atomic E-state index is 12.7. The lowest BCUT2D eigenvalue weighted by molar-refractivity contribution is -0.383. The summed E-state index contributed by atoms with van der Waals surface area (Å²) in [5, 5.41) is 14.5. The van der Waals surface area contributed by atoms with Crippen molar-refractivity contribution in [2.75, 3.05) is 25.0 Å². The first-order valence-electron chi connectivity index (χ1n) is 8.52. The van der Waals surface area contributed by atoms with E-state index in [1.54, 1.807) is 17.0 Å². The minimum absolute atomic E-state index is 0.0869. The van der Waals surface area contributed by atoms with Crippen LogP contribution in [-0.4, -0.2) is 35.4 Å². The number of likely N-dealkylation sites (tertiary alicyclic amines) is 1. The molecule has 26 heavy (non-hydrogen) atoms. The number of carbonyl (C=O) groups is 1. The first-order valence-corrected chi connectivity index (χ1v) is 8.52. The van der Waals surface area contributed by atoms with E-state index in [9.17, 15) is 14.9 Å². The maximum absolute atomic E-state index is 12.7. The largest absolute Gasteiger partial charge is 0.350 e. The van der Waals surface area contributed by atoms with Crippen LogP contribution in [0.5, 0.6) is 0 Å². The molecule has 1 heterocycles. The molecule has 0 aliphatic carbocycles. The minimum Gasteiger partial charge on any atom is -0.350 e. The number of carbonyl (C=O) groups excluding carboxylic acids is 1. The normalized spacial score (nSPS) is 19.4. The van der Waals surface area contributed by atoms with Gasteiger partial charge in [-0.2, -0.15) is 0 Å². The van der Waals surface area contributed by atoms with Crippen molar-refractivity contribution in [3.8, 4) is 0 Å². The summed E-state index contributed by atoms with van der Waals surface area (Å²) in [7, 11) is 0. The van der Waals surface area contributed by atoms with Gasteiger partial charge in [-0.3, -0.25) is 14.9 Å². The van der Waals surface area contributed by atoms with Crippen LogP contribution in [0.3, 0.4) is 0 Å². The summed E-state index contributed by atoms with van der Waals surface area (Å²) in [5.41, 5.74) is 6.99. The zero-order chi connectivity index (χ0) is 18.7. The van der Waals surface area contributed by atoms with Crippen molar-refractivity contribution in [3.05, 3.63) is 64.2 Å². The molecular formula is C19H22N4O3. The fourth-order valence-electron chi connectivity index (χ4n) is 3.14. The van der Waals surface area contributed by atoms with Crippen molar-refractivity contribution in [3.63, 3.8) is 0 Å². The van der Waals surface area contributed by atoms with Gasteiger partial charge in [-0.15, -0.1) is 0 Å². The van der Waals surface area contributed by atoms with Crippen LogP contribution in [0.4, 0.5) is 17.1 Å². The molecule has 1 atom stereocenters. The molecule has 1 unspecified atom stereocenters. The number of para-hydroxylation sites is 1. The molecule has 7 nitrogen and oxygen atoms in total. The number of nitrogens with two attached hydrogens (primary N) is 1. The highest BCUT2D eigenvalue weighted by atomic mass is 16.6. The number of nitro benzene ring substituents is 1. The molecule has 1 amide bonds. The van der Waals surface area contributed by atoms with Gasteiger partial charge in [0.15, 0.2) is 0 Å². The number of nitrogens with one attached hydrogen (secondary N) is 1. The Hall–Kier alpha value is -2.93. The highest BCUT2D eigenvalue weighted by molar-refractivity contribution is 5.96. The van der Waals surface area contributed by atoms with Gasteiger partial charge in [-0.05, 0) is 42.6 Å². The minimum atomic E-state index is -0.476. The molecule has 7 heteroatoms. The fourth-order valence-corrected chi connectivity index (χ4v) is 3.14. The molecule has 1 aliphatic heterocycles. The number of nitro groups is 1. The molecule has 2 aromatic carbocycles. The van der Waals surface area contributed by atoms with E-state index in [0.29, 0.717) is 30.9 Å². The highest BCUT2D eigenvalue weighted by Gasteiger charge is 2.35. The summed E-state index contributed by atoms with van der Waals surface area (Å²) in [6.45, 7) is 3.75. The molecule has 0 saturated carbocycles. The van der Waals surface area contributed by atoms with Crippen LogP contribution in [0.1, 0.15) is 23.7 Å². The molecular weight excluding hydrogens is 332 g/mol. The van der Waals surface area contributed by atoms with Gasteiger partial charge in [0.25, 0.3) is 11.6 Å². The third-order valence-electron chi connectivity index (χ3n) is 4.83. The number of amides is 1. The Labute approximate surface area is 152 Å². The van der Waals surface area contributed by atoms with Crippen LogP contribution in [0.15, 0.2) is 48.5 Å². The molecule has 1 aliphatic rings. The van der Waals surface area contributed by atoms with Gasteiger partial charge in [-0.1, -0.05) is 25.1 Å². The molecule has 0 radical (unpaired) electrons. The lowest BCUT2D eigenvalue weighted by atomic mass is 9.90. The lowest BCUT2D eigenvalue weighted by Crippen LogP contribution is -2.34. The maximum Gasteiger partial charge on any atom is 0.293 e. The van der Waals surface area contributed by atoms with E-state index in [4.69, 9.17) is 5.73 Å². The van der Waals surface area contributed by atoms with Crippen molar-refractivity contribution in [1.29, 1.82) is 0 Å². The third-order valence-corrected chi connectivity index (χ3v) is 4.83. The molecule has 0 spiro atoms. The van der Waals surface area contributed by atoms with Crippen LogP contribution in [0.25, 0.3) is 0 Å². The molecule has 1 fully saturated rings. The highest BCUT2D eigenvalue weighted by Crippen LogP contribution is 2.32. The number of benzene rings is 2. The van der Waals surface area contributed by atoms with Crippen LogP contribution >= 0.6 is 0 Å². The standard InChI is InChI=1S/C19H22N4O3/c1-19(12-20)9-10-22(13-19)18(24)14-7-8-16(17(11-14)23(25)26)21-15-5-3-2-4-6-15/h2-8,11,21H,9-10,12-13,20H2,1H3. The van der Waals surface area contributed by atoms with E-state index >= 15 is 0 Å². The summed E-state index contributed by atoms with van der Waals surface area (Å²) in [6, 6.07) is 13.7. The van der Waals surface area contributed by atoms with Gasteiger partial charge in [0.1, 0.15) is 5.69 Å². The molecule has 0 aromatic heterocycles. The summed E-state index contributed by atoms with van der Waals surface area (Å²) in [4.78, 5) is 25.5. The molecule has 1 saturated heterocycles. The predicted molar refractivity (Wildman–Crippen MR) is 101 cm³/mol. The number of anilines is 2. The van der Waals surface area contributed by atoms with Gasteiger partial charge in [0.2, 0.25) is 0 Å². The van der Waals surface area contributed by atoms with Crippen LogP contribution in [0.2, 0.25) is 0 Å². The van der Waals surface area contributed by atoms with Crippen molar-refractivity contribution in [2.45, 2.75) is 13.3 Å². The zero-order valence-corrected chi connectivity index (χ0v) is 14.6. The smallest absolute Gasteiger partial charge is 0.293 e. The van der Waals surface area contributed by atoms with Gasteiger partial charge in [0, 0.05) is 30.4 Å². The molecule has 3 rings (SSSR count). The molecule has 3 N–H and O–H groups in total. The van der Waals surface area contributed by atoms with Crippen LogP contribution in [-0.2, 0) is 0 Å². The fraction of sp³-hybridized carbons (Fsp3) is 0.316. The van der Waals surface area contributed by atoms with E-state index in [0.717, 1.165) is 12.1 Å². The summed E-state index contributed by atoms with van der Waals surface area (Å²) < 4.78 is 0. The quantitative estimate of drug-likeness (QED) is 0.634. The van der Waals surface area contributed by atoms with Gasteiger partial charge >= 0.3 is 0 Å². The molecule has 0 bridgehead atoms. The van der Waals surface area contributed by atoms with Crippen molar-refractivity contribution in [1.82, 2.24) is 4.90 Å². The predicted octanol–water partition coefficient (Wildman–Crippen LogP) is 3.15. The second-order valence-corrected chi connectivity index (χ2v) is 6.97. The second kappa shape index (κ2) is 7.13. The summed E-state index contributed by atoms with van der Waals surface area (Å²) in [5.74, 6) is -0.198. The van der Waals surface area contributed by atoms with E-state index in [2.05, 4.69) is 12.2 Å². The average molecular weight is 354 g/mol. The Morgan fingerprint density at radius 1 is 1.31 bits per heavy atom. The first-order chi connectivity index (χ1) is 12.4. The van der Waals surface area contributed by atoms with E-state index in [-0.39, 0.29) is 17.0 Å².